The lowest BCUT2D eigenvalue weighted by molar-refractivity contribution is -0.143. The number of carbonyl (C=O) groups excluding carboxylic acids is 4. The van der Waals surface area contributed by atoms with Crippen LogP contribution in [-0.2, 0) is 24.0 Å². The zero-order valence-corrected chi connectivity index (χ0v) is 18.5. The third-order valence-electron chi connectivity index (χ3n) is 4.48. The molecule has 0 radical (unpaired) electrons. The lowest BCUT2D eigenvalue weighted by Gasteiger charge is -2.25. The van der Waals surface area contributed by atoms with Gasteiger partial charge in [-0.2, -0.15) is 0 Å². The summed E-state index contributed by atoms with van der Waals surface area (Å²) in [6.07, 6.45) is 1.05. The van der Waals surface area contributed by atoms with Crippen molar-refractivity contribution in [1.29, 1.82) is 0 Å². The third kappa shape index (κ3) is 11.6. The molecule has 0 fully saturated rings. The van der Waals surface area contributed by atoms with Crippen molar-refractivity contribution in [3.05, 3.63) is 0 Å². The molecule has 13 heteroatoms. The predicted molar refractivity (Wildman–Crippen MR) is 115 cm³/mol. The number of amides is 4. The van der Waals surface area contributed by atoms with Gasteiger partial charge in [-0.1, -0.05) is 13.8 Å². The lowest BCUT2D eigenvalue weighted by atomic mass is 10.0. The first-order valence-electron chi connectivity index (χ1n) is 10.4. The maximum absolute atomic E-state index is 12.9. The number of carboxylic acids is 1. The summed E-state index contributed by atoms with van der Waals surface area (Å²) in [5, 5.41) is 25.3. The lowest BCUT2D eigenvalue weighted by Crippen LogP contribution is -2.57. The molecule has 0 aromatic rings. The van der Waals surface area contributed by atoms with E-state index in [1.54, 1.807) is 13.8 Å². The average Bonchev–Trinajstić information content (AvgIpc) is 2.69. The summed E-state index contributed by atoms with van der Waals surface area (Å²) in [6, 6.07) is -4.94. The molecule has 0 aliphatic heterocycles. The number of aliphatic hydroxyl groups is 1. The van der Waals surface area contributed by atoms with Gasteiger partial charge in [0.15, 0.2) is 0 Å². The van der Waals surface area contributed by atoms with Crippen molar-refractivity contribution in [3.63, 3.8) is 0 Å². The van der Waals surface area contributed by atoms with Gasteiger partial charge in [-0.15, -0.1) is 0 Å². The number of primary amides is 1. The topological polar surface area (TPSA) is 240 Å². The summed E-state index contributed by atoms with van der Waals surface area (Å²) < 4.78 is 0. The molecule has 0 spiro atoms. The van der Waals surface area contributed by atoms with Gasteiger partial charge in [0, 0.05) is 0 Å². The van der Waals surface area contributed by atoms with Crippen molar-refractivity contribution in [3.8, 4) is 0 Å². The normalized spacial score (nSPS) is 14.7. The number of rotatable bonds is 16. The largest absolute Gasteiger partial charge is 0.480 e. The van der Waals surface area contributed by atoms with Gasteiger partial charge in [-0.3, -0.25) is 19.2 Å². The Balaban J connectivity index is 5.42. The molecule has 11 N–H and O–H groups in total. The Morgan fingerprint density at radius 1 is 0.875 bits per heavy atom. The van der Waals surface area contributed by atoms with Crippen LogP contribution in [0.25, 0.3) is 0 Å². The molecule has 0 aromatic heterocycles. The molecule has 0 bridgehead atoms. The Bertz CT molecular complexity index is 658. The number of hydrogen-bond acceptors (Lipinski definition) is 8. The van der Waals surface area contributed by atoms with Crippen LogP contribution in [0, 0.1) is 5.92 Å². The Morgan fingerprint density at radius 3 is 1.88 bits per heavy atom. The fraction of sp³-hybridized carbons (Fsp3) is 0.737. The molecule has 4 amide bonds. The number of aliphatic carboxylic acids is 1. The average molecular weight is 461 g/mol. The molecule has 13 nitrogen and oxygen atoms in total. The van der Waals surface area contributed by atoms with E-state index in [1.807, 2.05) is 0 Å². The molecule has 0 saturated heterocycles. The van der Waals surface area contributed by atoms with E-state index in [9.17, 15) is 24.0 Å². The summed E-state index contributed by atoms with van der Waals surface area (Å²) in [5.74, 6) is -4.47. The quantitative estimate of drug-likeness (QED) is 0.109. The van der Waals surface area contributed by atoms with Gasteiger partial charge in [0.25, 0.3) is 0 Å². The third-order valence-corrected chi connectivity index (χ3v) is 4.48. The summed E-state index contributed by atoms with van der Waals surface area (Å²) in [5.41, 5.74) is 16.1. The number of nitrogens with two attached hydrogens (primary N) is 3. The number of carboxylic acid groups (broad SMARTS) is 1. The first-order valence-corrected chi connectivity index (χ1v) is 10.4. The highest BCUT2D eigenvalue weighted by molar-refractivity contribution is 5.95. The van der Waals surface area contributed by atoms with Gasteiger partial charge in [-0.25, -0.2) is 4.79 Å². The highest BCUT2D eigenvalue weighted by atomic mass is 16.4. The van der Waals surface area contributed by atoms with Crippen molar-refractivity contribution < 1.29 is 34.2 Å². The minimum absolute atomic E-state index is 0.0438. The molecule has 0 aliphatic rings. The molecule has 184 valence electrons. The standard InChI is InChI=1S/C19H36N6O7/c1-10(2)7-13(18(30)25-14(9-26)19(31)32)24-17(29)12(5-3-4-6-20)23-16(28)11(21)8-15(22)27/h10-14,26H,3-9,20-21H2,1-2H3,(H2,22,27)(H,23,28)(H,24,29)(H,25,30)(H,31,32). The molecule has 0 rings (SSSR count). The van der Waals surface area contributed by atoms with E-state index in [4.69, 9.17) is 27.4 Å². The van der Waals surface area contributed by atoms with Crippen molar-refractivity contribution in [1.82, 2.24) is 16.0 Å². The van der Waals surface area contributed by atoms with Crippen LogP contribution < -0.4 is 33.2 Å². The van der Waals surface area contributed by atoms with E-state index < -0.39 is 66.8 Å². The second-order valence-electron chi connectivity index (χ2n) is 7.90. The summed E-state index contributed by atoms with van der Waals surface area (Å²) >= 11 is 0. The van der Waals surface area contributed by atoms with Gasteiger partial charge >= 0.3 is 5.97 Å². The zero-order valence-electron chi connectivity index (χ0n) is 18.5. The fourth-order valence-corrected chi connectivity index (χ4v) is 2.78. The van der Waals surface area contributed by atoms with Crippen molar-refractivity contribution in [2.24, 2.45) is 23.1 Å². The molecular formula is C19H36N6O7. The minimum atomic E-state index is -1.53. The molecule has 0 aromatic carbocycles. The predicted octanol–water partition coefficient (Wildman–Crippen LogP) is -3.10. The van der Waals surface area contributed by atoms with Gasteiger partial charge in [0.2, 0.25) is 23.6 Å². The zero-order chi connectivity index (χ0) is 24.8. The van der Waals surface area contributed by atoms with Crippen molar-refractivity contribution >= 4 is 29.6 Å². The molecule has 0 saturated carbocycles. The first kappa shape index (κ1) is 29.2. The summed E-state index contributed by atoms with van der Waals surface area (Å²) in [7, 11) is 0. The molecule has 4 unspecified atom stereocenters. The van der Waals surface area contributed by atoms with Crippen LogP contribution in [0.2, 0.25) is 0 Å². The highest BCUT2D eigenvalue weighted by Gasteiger charge is 2.30. The van der Waals surface area contributed by atoms with E-state index >= 15 is 0 Å². The van der Waals surface area contributed by atoms with Crippen LogP contribution in [0.1, 0.15) is 46.0 Å². The van der Waals surface area contributed by atoms with Gasteiger partial charge < -0.3 is 43.4 Å². The molecule has 0 heterocycles. The number of nitrogens with one attached hydrogen (secondary N) is 3. The van der Waals surface area contributed by atoms with Gasteiger partial charge in [0.05, 0.1) is 19.1 Å². The van der Waals surface area contributed by atoms with Crippen LogP contribution in [0.5, 0.6) is 0 Å². The second-order valence-corrected chi connectivity index (χ2v) is 7.90. The van der Waals surface area contributed by atoms with E-state index in [2.05, 4.69) is 16.0 Å². The van der Waals surface area contributed by atoms with Crippen LogP contribution in [0.15, 0.2) is 0 Å². The molecule has 32 heavy (non-hydrogen) atoms. The van der Waals surface area contributed by atoms with Crippen LogP contribution >= 0.6 is 0 Å². The number of unbranched alkanes of at least 4 members (excludes halogenated alkanes) is 1. The monoisotopic (exact) mass is 460 g/mol. The molecule has 4 atom stereocenters. The van der Waals surface area contributed by atoms with Crippen molar-refractivity contribution in [2.75, 3.05) is 13.2 Å². The number of carbonyl (C=O) groups is 5. The molecule has 0 aliphatic carbocycles. The van der Waals surface area contributed by atoms with Gasteiger partial charge in [0.1, 0.15) is 18.1 Å². The summed E-state index contributed by atoms with van der Waals surface area (Å²) in [4.78, 5) is 59.8. The van der Waals surface area contributed by atoms with E-state index in [0.717, 1.165) is 0 Å². The smallest absolute Gasteiger partial charge is 0.328 e. The fourth-order valence-electron chi connectivity index (χ4n) is 2.78. The van der Waals surface area contributed by atoms with Crippen LogP contribution in [-0.4, -0.2) is 77.1 Å². The Labute approximate surface area is 186 Å². The number of hydrogen-bond donors (Lipinski definition) is 8. The Kier molecular flexibility index (Phi) is 13.8. The van der Waals surface area contributed by atoms with E-state index in [1.165, 1.54) is 0 Å². The summed E-state index contributed by atoms with van der Waals surface area (Å²) in [6.45, 7) is 3.16. The highest BCUT2D eigenvalue weighted by Crippen LogP contribution is 2.08. The number of aliphatic hydroxyl groups excluding tert-OH is 1. The Hall–Kier alpha value is -2.77. The minimum Gasteiger partial charge on any atom is -0.480 e. The molecular weight excluding hydrogens is 424 g/mol. The first-order chi connectivity index (χ1) is 14.9. The van der Waals surface area contributed by atoms with E-state index in [-0.39, 0.29) is 18.8 Å². The SMILES string of the molecule is CC(C)CC(NC(=O)C(CCCCN)NC(=O)C(N)CC(N)=O)C(=O)NC(CO)C(=O)O. The second kappa shape index (κ2) is 15.1. The van der Waals surface area contributed by atoms with Crippen LogP contribution in [0.4, 0.5) is 0 Å². The van der Waals surface area contributed by atoms with Crippen molar-refractivity contribution in [2.45, 2.75) is 70.1 Å². The van der Waals surface area contributed by atoms with Gasteiger partial charge in [-0.05, 0) is 38.1 Å². The van der Waals surface area contributed by atoms with Crippen LogP contribution in [0.3, 0.4) is 0 Å². The van der Waals surface area contributed by atoms with E-state index in [0.29, 0.717) is 19.4 Å². The maximum atomic E-state index is 12.9. The Morgan fingerprint density at radius 2 is 1.41 bits per heavy atom. The maximum Gasteiger partial charge on any atom is 0.328 e.